The quantitative estimate of drug-likeness (QED) is 0.500. The third kappa shape index (κ3) is 2.80. The van der Waals surface area contributed by atoms with Crippen LogP contribution in [-0.2, 0) is 0 Å². The topological polar surface area (TPSA) is 58.8 Å². The van der Waals surface area contributed by atoms with Gasteiger partial charge in [0.2, 0.25) is 0 Å². The van der Waals surface area contributed by atoms with Gasteiger partial charge in [-0.15, -0.1) is 12.3 Å². The second-order valence-corrected chi connectivity index (χ2v) is 2.17. The van der Waals surface area contributed by atoms with Crippen molar-refractivity contribution in [1.29, 1.82) is 5.26 Å². The van der Waals surface area contributed by atoms with Crippen molar-refractivity contribution in [2.24, 2.45) is 0 Å². The number of hydrogen-bond acceptors (Lipinski definition) is 4. The van der Waals surface area contributed by atoms with Gasteiger partial charge in [-0.05, 0) is 0 Å². The molecule has 0 spiro atoms. The largest absolute Gasteiger partial charge is 0.462 e. The van der Waals surface area contributed by atoms with Crippen LogP contribution in [0.3, 0.4) is 0 Å². The first-order valence-corrected chi connectivity index (χ1v) is 3.65. The van der Waals surface area contributed by atoms with Gasteiger partial charge in [0.1, 0.15) is 12.7 Å². The van der Waals surface area contributed by atoms with Gasteiger partial charge >= 0.3 is 6.01 Å². The van der Waals surface area contributed by atoms with Gasteiger partial charge in [0.15, 0.2) is 0 Å². The molecule has 0 saturated carbocycles. The highest BCUT2D eigenvalue weighted by Gasteiger charge is 1.96. The molecule has 0 aliphatic carbocycles. The van der Waals surface area contributed by atoms with E-state index in [1.165, 1.54) is 12.4 Å². The highest BCUT2D eigenvalue weighted by molar-refractivity contribution is 5.22. The summed E-state index contributed by atoms with van der Waals surface area (Å²) in [5.41, 5.74) is 0.407. The third-order valence-corrected chi connectivity index (χ3v) is 1.23. The zero-order chi connectivity index (χ0) is 9.52. The van der Waals surface area contributed by atoms with Crippen LogP contribution in [0.4, 0.5) is 0 Å². The van der Waals surface area contributed by atoms with Crippen molar-refractivity contribution in [2.75, 3.05) is 6.61 Å². The van der Waals surface area contributed by atoms with Crippen molar-refractivity contribution < 1.29 is 4.74 Å². The van der Waals surface area contributed by atoms with Crippen LogP contribution in [0.15, 0.2) is 12.4 Å². The molecular weight excluding hydrogens is 166 g/mol. The van der Waals surface area contributed by atoms with Gasteiger partial charge in [-0.3, -0.25) is 0 Å². The average molecular weight is 173 g/mol. The molecule has 4 nitrogen and oxygen atoms in total. The van der Waals surface area contributed by atoms with Crippen LogP contribution >= 0.6 is 0 Å². The molecule has 0 fully saturated rings. The van der Waals surface area contributed by atoms with Crippen LogP contribution in [0.2, 0.25) is 0 Å². The molecule has 1 rings (SSSR count). The molecule has 0 amide bonds. The van der Waals surface area contributed by atoms with E-state index < -0.39 is 0 Å². The Morgan fingerprint density at radius 2 is 2.15 bits per heavy atom. The highest BCUT2D eigenvalue weighted by Crippen LogP contribution is 2.01. The Morgan fingerprint density at radius 3 is 2.69 bits per heavy atom. The second-order valence-electron chi connectivity index (χ2n) is 2.17. The van der Waals surface area contributed by atoms with Crippen molar-refractivity contribution in [2.45, 2.75) is 6.42 Å². The normalized spacial score (nSPS) is 8.46. The summed E-state index contributed by atoms with van der Waals surface area (Å²) in [6, 6.07) is 2.15. The second kappa shape index (κ2) is 4.74. The first-order chi connectivity index (χ1) is 6.36. The zero-order valence-corrected chi connectivity index (χ0v) is 6.90. The summed E-state index contributed by atoms with van der Waals surface area (Å²) >= 11 is 0. The Labute approximate surface area is 76.2 Å². The fourth-order valence-corrected chi connectivity index (χ4v) is 0.650. The van der Waals surface area contributed by atoms with Gasteiger partial charge in [-0.2, -0.15) is 5.26 Å². The lowest BCUT2D eigenvalue weighted by Crippen LogP contribution is -1.99. The number of ether oxygens (including phenoxy) is 1. The van der Waals surface area contributed by atoms with E-state index in [0.29, 0.717) is 18.6 Å². The molecule has 0 unspecified atom stereocenters. The van der Waals surface area contributed by atoms with E-state index in [1.54, 1.807) is 0 Å². The van der Waals surface area contributed by atoms with Gasteiger partial charge in [-0.25, -0.2) is 9.97 Å². The zero-order valence-electron chi connectivity index (χ0n) is 6.90. The molecule has 13 heavy (non-hydrogen) atoms. The van der Waals surface area contributed by atoms with Gasteiger partial charge < -0.3 is 4.74 Å². The van der Waals surface area contributed by atoms with E-state index in [9.17, 15) is 0 Å². The monoisotopic (exact) mass is 173 g/mol. The molecule has 1 heterocycles. The van der Waals surface area contributed by atoms with E-state index >= 15 is 0 Å². The van der Waals surface area contributed by atoms with Crippen LogP contribution in [-0.4, -0.2) is 16.6 Å². The summed E-state index contributed by atoms with van der Waals surface area (Å²) in [6.07, 6.45) is 8.34. The Morgan fingerprint density at radius 1 is 1.46 bits per heavy atom. The smallest absolute Gasteiger partial charge is 0.316 e. The minimum Gasteiger partial charge on any atom is -0.462 e. The van der Waals surface area contributed by atoms with E-state index in [2.05, 4.69) is 15.9 Å². The minimum absolute atomic E-state index is 0.245. The standard InChI is InChI=1S/C9H7N3O/c1-2-3-4-13-9-11-6-8(5-10)7-12-9/h1,6-7H,3-4H2. The molecule has 0 bridgehead atoms. The van der Waals surface area contributed by atoms with Crippen molar-refractivity contribution in [3.05, 3.63) is 18.0 Å². The van der Waals surface area contributed by atoms with E-state index in [4.69, 9.17) is 16.4 Å². The van der Waals surface area contributed by atoms with Gasteiger partial charge in [-0.1, -0.05) is 0 Å². The summed E-state index contributed by atoms with van der Waals surface area (Å²) in [6.45, 7) is 0.391. The number of terminal acetylenes is 1. The van der Waals surface area contributed by atoms with Crippen LogP contribution < -0.4 is 4.74 Å². The van der Waals surface area contributed by atoms with Crippen LogP contribution in [0, 0.1) is 23.7 Å². The van der Waals surface area contributed by atoms with Crippen molar-refractivity contribution in [3.63, 3.8) is 0 Å². The highest BCUT2D eigenvalue weighted by atomic mass is 16.5. The number of hydrogen-bond donors (Lipinski definition) is 0. The molecule has 4 heteroatoms. The predicted octanol–water partition coefficient (Wildman–Crippen LogP) is 0.750. The maximum atomic E-state index is 8.45. The summed E-state index contributed by atoms with van der Waals surface area (Å²) in [7, 11) is 0. The number of nitrogens with zero attached hydrogens (tertiary/aromatic N) is 3. The molecule has 0 radical (unpaired) electrons. The van der Waals surface area contributed by atoms with Gasteiger partial charge in [0.05, 0.1) is 18.0 Å². The maximum Gasteiger partial charge on any atom is 0.316 e. The number of rotatable bonds is 3. The molecule has 1 aromatic heterocycles. The first-order valence-electron chi connectivity index (χ1n) is 3.65. The van der Waals surface area contributed by atoms with E-state index in [1.807, 2.05) is 6.07 Å². The number of aromatic nitrogens is 2. The molecular formula is C9H7N3O. The first kappa shape index (κ1) is 9.02. The van der Waals surface area contributed by atoms with Crippen molar-refractivity contribution >= 4 is 0 Å². The fourth-order valence-electron chi connectivity index (χ4n) is 0.650. The molecule has 1 aromatic rings. The molecule has 0 aliphatic heterocycles. The minimum atomic E-state index is 0.245. The van der Waals surface area contributed by atoms with Crippen molar-refractivity contribution in [3.8, 4) is 24.4 Å². The van der Waals surface area contributed by atoms with E-state index in [0.717, 1.165) is 0 Å². The lowest BCUT2D eigenvalue weighted by Gasteiger charge is -1.99. The lowest BCUT2D eigenvalue weighted by atomic mass is 10.4. The summed E-state index contributed by atoms with van der Waals surface area (Å²) in [5, 5.41) is 8.45. The van der Waals surface area contributed by atoms with Crippen LogP contribution in [0.1, 0.15) is 12.0 Å². The van der Waals surface area contributed by atoms with Gasteiger partial charge in [0, 0.05) is 6.42 Å². The maximum absolute atomic E-state index is 8.45. The third-order valence-electron chi connectivity index (χ3n) is 1.23. The summed E-state index contributed by atoms with van der Waals surface area (Å²) in [5.74, 6) is 2.43. The Bertz CT molecular complexity index is 345. The molecule has 0 N–H and O–H groups in total. The molecule has 64 valence electrons. The SMILES string of the molecule is C#CCCOc1ncc(C#N)cn1. The molecule has 0 atom stereocenters. The van der Waals surface area contributed by atoms with E-state index in [-0.39, 0.29) is 6.01 Å². The fraction of sp³-hybridized carbons (Fsp3) is 0.222. The predicted molar refractivity (Wildman–Crippen MR) is 45.7 cm³/mol. The molecule has 0 aliphatic rings. The Kier molecular flexibility index (Phi) is 3.29. The van der Waals surface area contributed by atoms with Crippen LogP contribution in [0.25, 0.3) is 0 Å². The lowest BCUT2D eigenvalue weighted by molar-refractivity contribution is 0.300. The van der Waals surface area contributed by atoms with Crippen molar-refractivity contribution in [1.82, 2.24) is 9.97 Å². The Hall–Kier alpha value is -2.07. The molecule has 0 aromatic carbocycles. The summed E-state index contributed by atoms with van der Waals surface area (Å²) < 4.78 is 5.07. The van der Waals surface area contributed by atoms with Gasteiger partial charge in [0.25, 0.3) is 0 Å². The number of nitriles is 1. The summed E-state index contributed by atoms with van der Waals surface area (Å²) in [4.78, 5) is 7.59. The molecule has 0 saturated heterocycles. The van der Waals surface area contributed by atoms with Crippen LogP contribution in [0.5, 0.6) is 6.01 Å². The average Bonchev–Trinajstić information content (AvgIpc) is 2.19. The Balaban J connectivity index is 2.52.